The minimum atomic E-state index is -4.95. The molecule has 0 aliphatic carbocycles. The Morgan fingerprint density at radius 2 is 1.25 bits per heavy atom. The van der Waals surface area contributed by atoms with E-state index in [1.807, 2.05) is 0 Å². The van der Waals surface area contributed by atoms with Crippen LogP contribution in [-0.4, -0.2) is 38.1 Å². The van der Waals surface area contributed by atoms with Crippen LogP contribution in [0.25, 0.3) is 12.2 Å². The van der Waals surface area contributed by atoms with Crippen molar-refractivity contribution in [2.24, 2.45) is 9.98 Å². The van der Waals surface area contributed by atoms with Crippen LogP contribution in [0, 0.1) is 0 Å². The van der Waals surface area contributed by atoms with Crippen molar-refractivity contribution >= 4 is 55.9 Å². The fourth-order valence-electron chi connectivity index (χ4n) is 2.19. The van der Waals surface area contributed by atoms with Crippen molar-refractivity contribution in [3.05, 3.63) is 47.5 Å². The summed E-state index contributed by atoms with van der Waals surface area (Å²) < 4.78 is 66.8. The minimum absolute atomic E-state index is 0.0726. The molecule has 0 fully saturated rings. The van der Waals surface area contributed by atoms with Crippen molar-refractivity contribution in [3.63, 3.8) is 0 Å². The highest BCUT2D eigenvalue weighted by molar-refractivity contribution is 7.86. The van der Waals surface area contributed by atoms with Crippen LogP contribution >= 0.6 is 0 Å². The first-order valence-corrected chi connectivity index (χ1v) is 9.96. The Labute approximate surface area is 159 Å². The standard InChI is InChI=1S/C16H10N2O8S2/c19-9-17-13-5-3-11(15(7-13)27(21,22)23)1-2-12-4-6-14(18-10-20)8-16(12)28(24,25)26/h1-8H,(H,21,22,23)(H,24,25,26)/p-1/b2-1+. The molecule has 0 aromatic heterocycles. The van der Waals surface area contributed by atoms with E-state index in [4.69, 9.17) is 0 Å². The second-order valence-electron chi connectivity index (χ2n) is 5.11. The second-order valence-corrected chi connectivity index (χ2v) is 7.85. The smallest absolute Gasteiger partial charge is 0.295 e. The Morgan fingerprint density at radius 1 is 0.821 bits per heavy atom. The molecule has 0 heterocycles. The van der Waals surface area contributed by atoms with Crippen molar-refractivity contribution < 1.29 is 35.5 Å². The van der Waals surface area contributed by atoms with Crippen molar-refractivity contribution in [2.75, 3.05) is 0 Å². The second kappa shape index (κ2) is 8.19. The average molecular weight is 421 g/mol. The van der Waals surface area contributed by atoms with Crippen LogP contribution in [0.2, 0.25) is 0 Å². The third kappa shape index (κ3) is 5.15. The predicted octanol–water partition coefficient (Wildman–Crippen LogP) is 1.94. The first-order valence-electron chi connectivity index (χ1n) is 7.11. The summed E-state index contributed by atoms with van der Waals surface area (Å²) in [6.07, 6.45) is 4.68. The number of hydrogen-bond acceptors (Lipinski definition) is 9. The van der Waals surface area contributed by atoms with Crippen molar-refractivity contribution in [1.29, 1.82) is 0 Å². The summed E-state index contributed by atoms with van der Waals surface area (Å²) in [6.45, 7) is 0. The number of rotatable bonds is 6. The van der Waals surface area contributed by atoms with Gasteiger partial charge in [0.2, 0.25) is 12.2 Å². The Balaban J connectivity index is 2.63. The van der Waals surface area contributed by atoms with E-state index in [0.717, 1.165) is 24.3 Å². The molecule has 0 atom stereocenters. The molecule has 0 aliphatic heterocycles. The van der Waals surface area contributed by atoms with E-state index in [1.54, 1.807) is 0 Å². The maximum Gasteiger partial charge on any atom is 0.295 e. The molecule has 0 saturated carbocycles. The number of aliphatic imine (C=N–C) groups is 2. The van der Waals surface area contributed by atoms with Crippen LogP contribution in [0.5, 0.6) is 0 Å². The molecule has 2 aromatic rings. The Kier molecular flexibility index (Phi) is 6.16. The zero-order valence-corrected chi connectivity index (χ0v) is 15.3. The molecule has 0 amide bonds. The number of isocyanates is 2. The summed E-state index contributed by atoms with van der Waals surface area (Å²) in [5.41, 5.74) is -0.386. The van der Waals surface area contributed by atoms with E-state index in [1.165, 1.54) is 36.4 Å². The van der Waals surface area contributed by atoms with Gasteiger partial charge in [-0.05, 0) is 35.4 Å². The molecule has 2 aromatic carbocycles. The SMILES string of the molecule is O=C=Nc1ccc(/C=C/c2ccc(N=C=O)cc2S(=O)(=O)O)c(S(=O)(=O)[O-])c1. The van der Waals surface area contributed by atoms with Crippen molar-refractivity contribution in [1.82, 2.24) is 0 Å². The van der Waals surface area contributed by atoms with Gasteiger partial charge in [-0.25, -0.2) is 18.0 Å². The Morgan fingerprint density at radius 3 is 1.64 bits per heavy atom. The molecule has 0 saturated heterocycles. The maximum absolute atomic E-state index is 11.6. The van der Waals surface area contributed by atoms with Crippen LogP contribution in [0.3, 0.4) is 0 Å². The number of nitrogens with zero attached hydrogens (tertiary/aromatic N) is 2. The van der Waals surface area contributed by atoms with Crippen molar-refractivity contribution in [2.45, 2.75) is 9.79 Å². The van der Waals surface area contributed by atoms with Gasteiger partial charge in [0, 0.05) is 0 Å². The molecular weight excluding hydrogens is 412 g/mol. The minimum Gasteiger partial charge on any atom is -0.744 e. The molecule has 0 radical (unpaired) electrons. The molecule has 10 nitrogen and oxygen atoms in total. The lowest BCUT2D eigenvalue weighted by molar-refractivity contribution is 0.462. The highest BCUT2D eigenvalue weighted by Gasteiger charge is 2.15. The summed E-state index contributed by atoms with van der Waals surface area (Å²) in [5.74, 6) is 0. The van der Waals surface area contributed by atoms with Gasteiger partial charge < -0.3 is 4.55 Å². The van der Waals surface area contributed by atoms with Crippen LogP contribution in [0.1, 0.15) is 11.1 Å². The lowest BCUT2D eigenvalue weighted by atomic mass is 10.1. The summed E-state index contributed by atoms with van der Waals surface area (Å²) in [6, 6.07) is 6.64. The molecule has 0 unspecified atom stereocenters. The molecular formula is C16H9N2O8S2-. The van der Waals surface area contributed by atoms with Gasteiger partial charge in [0.15, 0.2) is 0 Å². The first-order chi connectivity index (χ1) is 13.1. The van der Waals surface area contributed by atoms with Gasteiger partial charge >= 0.3 is 0 Å². The fraction of sp³-hybridized carbons (Fsp3) is 0. The monoisotopic (exact) mass is 421 g/mol. The molecule has 1 N–H and O–H groups in total. The van der Waals surface area contributed by atoms with E-state index in [0.29, 0.717) is 0 Å². The highest BCUT2D eigenvalue weighted by atomic mass is 32.2. The molecule has 0 bridgehead atoms. The predicted molar refractivity (Wildman–Crippen MR) is 95.2 cm³/mol. The van der Waals surface area contributed by atoms with Gasteiger partial charge in [-0.2, -0.15) is 18.4 Å². The Bertz CT molecular complexity index is 1170. The lowest BCUT2D eigenvalue weighted by Gasteiger charge is -2.11. The van der Waals surface area contributed by atoms with Crippen LogP contribution in [0.15, 0.2) is 56.2 Å². The molecule has 0 aliphatic rings. The Hall–Kier alpha value is -3.24. The number of benzene rings is 2. The van der Waals surface area contributed by atoms with Crippen LogP contribution in [-0.2, 0) is 29.8 Å². The fourth-order valence-corrected chi connectivity index (χ4v) is 3.58. The van der Waals surface area contributed by atoms with E-state index < -0.39 is 30.0 Å². The van der Waals surface area contributed by atoms with Gasteiger partial charge in [0.05, 0.1) is 16.3 Å². The zero-order valence-electron chi connectivity index (χ0n) is 13.6. The van der Waals surface area contributed by atoms with E-state index >= 15 is 0 Å². The summed E-state index contributed by atoms with van der Waals surface area (Å²) >= 11 is 0. The maximum atomic E-state index is 11.6. The number of hydrogen-bond donors (Lipinski definition) is 1. The quantitative estimate of drug-likeness (QED) is 0.319. The number of carbonyl (C=O) groups excluding carboxylic acids is 2. The van der Waals surface area contributed by atoms with Gasteiger partial charge in [-0.1, -0.05) is 24.3 Å². The normalized spacial score (nSPS) is 11.6. The highest BCUT2D eigenvalue weighted by Crippen LogP contribution is 2.27. The third-order valence-electron chi connectivity index (χ3n) is 3.33. The summed E-state index contributed by atoms with van der Waals surface area (Å²) in [7, 11) is -9.66. The van der Waals surface area contributed by atoms with E-state index in [9.17, 15) is 35.5 Å². The van der Waals surface area contributed by atoms with Crippen molar-refractivity contribution in [3.8, 4) is 0 Å². The van der Waals surface area contributed by atoms with Gasteiger partial charge in [0.1, 0.15) is 15.0 Å². The topological polar surface area (TPSA) is 170 Å². The van der Waals surface area contributed by atoms with E-state index in [2.05, 4.69) is 9.98 Å². The molecule has 0 spiro atoms. The van der Waals surface area contributed by atoms with Crippen LogP contribution in [0.4, 0.5) is 11.4 Å². The summed E-state index contributed by atoms with van der Waals surface area (Å²) in [4.78, 5) is 25.8. The molecule has 12 heteroatoms. The van der Waals surface area contributed by atoms with Gasteiger partial charge in [-0.3, -0.25) is 4.55 Å². The van der Waals surface area contributed by atoms with Gasteiger partial charge in [-0.15, -0.1) is 0 Å². The van der Waals surface area contributed by atoms with Gasteiger partial charge in [0.25, 0.3) is 10.1 Å². The zero-order chi connectivity index (χ0) is 20.9. The molecule has 144 valence electrons. The molecule has 2 rings (SSSR count). The first kappa shape index (κ1) is 21.1. The lowest BCUT2D eigenvalue weighted by Crippen LogP contribution is -2.02. The summed E-state index contributed by atoms with van der Waals surface area (Å²) in [5, 5.41) is 0. The molecule has 28 heavy (non-hydrogen) atoms. The van der Waals surface area contributed by atoms with E-state index in [-0.39, 0.29) is 22.5 Å². The largest absolute Gasteiger partial charge is 0.744 e. The average Bonchev–Trinajstić information content (AvgIpc) is 2.60. The van der Waals surface area contributed by atoms with Crippen LogP contribution < -0.4 is 0 Å². The third-order valence-corrected chi connectivity index (χ3v) is 5.14.